The van der Waals surface area contributed by atoms with E-state index in [2.05, 4.69) is 47.8 Å². The lowest BCUT2D eigenvalue weighted by molar-refractivity contribution is 0.0238. The maximum absolute atomic E-state index is 13.4. The molecule has 27 heavy (non-hydrogen) atoms. The molecular weight excluding hydrogens is 337 g/mol. The van der Waals surface area contributed by atoms with Gasteiger partial charge in [-0.15, -0.1) is 0 Å². The molecule has 1 heterocycles. The van der Waals surface area contributed by atoms with E-state index in [4.69, 9.17) is 4.74 Å². The quantitative estimate of drug-likeness (QED) is 0.684. The summed E-state index contributed by atoms with van der Waals surface area (Å²) >= 11 is 0. The molecule has 1 saturated heterocycles. The number of hydrogen-bond donors (Lipinski definition) is 1. The van der Waals surface area contributed by atoms with Crippen molar-refractivity contribution in [3.05, 3.63) is 84.2 Å². The van der Waals surface area contributed by atoms with Gasteiger partial charge in [-0.25, -0.2) is 4.39 Å². The molecule has 0 bridgehead atoms. The first kappa shape index (κ1) is 17.9. The minimum absolute atomic E-state index is 0.210. The molecular formula is C24H24FNO. The third kappa shape index (κ3) is 4.26. The van der Waals surface area contributed by atoms with Crippen molar-refractivity contribution in [3.8, 4) is 22.3 Å². The second-order valence-corrected chi connectivity index (χ2v) is 6.95. The van der Waals surface area contributed by atoms with Gasteiger partial charge in [-0.1, -0.05) is 60.7 Å². The van der Waals surface area contributed by atoms with Crippen molar-refractivity contribution in [2.24, 2.45) is 0 Å². The van der Waals surface area contributed by atoms with Crippen molar-refractivity contribution < 1.29 is 9.13 Å². The van der Waals surface area contributed by atoms with Crippen molar-refractivity contribution in [1.29, 1.82) is 0 Å². The van der Waals surface area contributed by atoms with E-state index in [0.29, 0.717) is 0 Å². The topological polar surface area (TPSA) is 21.3 Å². The van der Waals surface area contributed by atoms with Crippen LogP contribution >= 0.6 is 0 Å². The van der Waals surface area contributed by atoms with Gasteiger partial charge in [0.05, 0.1) is 12.7 Å². The number of morpholine rings is 1. The lowest BCUT2D eigenvalue weighted by Crippen LogP contribution is -2.38. The summed E-state index contributed by atoms with van der Waals surface area (Å²) in [6, 6.07) is 23.6. The summed E-state index contributed by atoms with van der Waals surface area (Å²) in [7, 11) is 0. The molecule has 1 N–H and O–H groups in total. The molecule has 0 saturated carbocycles. The summed E-state index contributed by atoms with van der Waals surface area (Å²) in [5.41, 5.74) is 5.90. The Hall–Kier alpha value is -2.49. The number of halogens is 1. The van der Waals surface area contributed by atoms with Crippen LogP contribution in [0.3, 0.4) is 0 Å². The van der Waals surface area contributed by atoms with Crippen LogP contribution in [-0.2, 0) is 11.2 Å². The molecule has 4 rings (SSSR count). The Morgan fingerprint density at radius 2 is 1.56 bits per heavy atom. The SMILES string of the molecule is Fc1ccc(-c2ccccc2-c2ccccc2CCC2CNCCO2)cc1. The molecule has 138 valence electrons. The first-order valence-electron chi connectivity index (χ1n) is 9.57. The molecule has 0 aliphatic carbocycles. The maximum atomic E-state index is 13.4. The summed E-state index contributed by atoms with van der Waals surface area (Å²) in [4.78, 5) is 0. The van der Waals surface area contributed by atoms with Crippen molar-refractivity contribution in [2.45, 2.75) is 18.9 Å². The van der Waals surface area contributed by atoms with Crippen LogP contribution in [0.15, 0.2) is 72.8 Å². The van der Waals surface area contributed by atoms with Gasteiger partial charge in [0.25, 0.3) is 0 Å². The molecule has 3 heteroatoms. The predicted octanol–water partition coefficient (Wildman–Crippen LogP) is 5.08. The van der Waals surface area contributed by atoms with E-state index in [9.17, 15) is 4.39 Å². The highest BCUT2D eigenvalue weighted by Crippen LogP contribution is 2.34. The van der Waals surface area contributed by atoms with Gasteiger partial charge in [0.2, 0.25) is 0 Å². The number of ether oxygens (including phenoxy) is 1. The zero-order chi connectivity index (χ0) is 18.5. The Bertz CT molecular complexity index is 885. The fourth-order valence-electron chi connectivity index (χ4n) is 3.72. The van der Waals surface area contributed by atoms with Crippen molar-refractivity contribution >= 4 is 0 Å². The lowest BCUT2D eigenvalue weighted by Gasteiger charge is -2.24. The van der Waals surface area contributed by atoms with Gasteiger partial charge in [0.15, 0.2) is 0 Å². The molecule has 0 amide bonds. The molecule has 1 aliphatic rings. The van der Waals surface area contributed by atoms with Gasteiger partial charge in [-0.05, 0) is 52.8 Å². The summed E-state index contributed by atoms with van der Waals surface area (Å²) in [5.74, 6) is -0.210. The van der Waals surface area contributed by atoms with E-state index in [1.54, 1.807) is 0 Å². The zero-order valence-electron chi connectivity index (χ0n) is 15.3. The molecule has 0 aromatic heterocycles. The normalized spacial score (nSPS) is 17.0. The van der Waals surface area contributed by atoms with E-state index in [0.717, 1.165) is 43.7 Å². The van der Waals surface area contributed by atoms with Gasteiger partial charge in [0.1, 0.15) is 5.82 Å². The number of nitrogens with one attached hydrogen (secondary N) is 1. The molecule has 1 fully saturated rings. The number of aryl methyl sites for hydroxylation is 1. The van der Waals surface area contributed by atoms with Crippen LogP contribution in [0.5, 0.6) is 0 Å². The van der Waals surface area contributed by atoms with Gasteiger partial charge < -0.3 is 10.1 Å². The Balaban J connectivity index is 1.65. The average Bonchev–Trinajstić information content (AvgIpc) is 2.74. The highest BCUT2D eigenvalue weighted by Gasteiger charge is 2.15. The van der Waals surface area contributed by atoms with Gasteiger partial charge >= 0.3 is 0 Å². The highest BCUT2D eigenvalue weighted by atomic mass is 19.1. The fourth-order valence-corrected chi connectivity index (χ4v) is 3.72. The summed E-state index contributed by atoms with van der Waals surface area (Å²) in [5, 5.41) is 3.40. The van der Waals surface area contributed by atoms with E-state index in [1.165, 1.54) is 28.8 Å². The summed E-state index contributed by atoms with van der Waals surface area (Å²) in [6.45, 7) is 2.66. The second-order valence-electron chi connectivity index (χ2n) is 6.95. The van der Waals surface area contributed by atoms with Gasteiger partial charge in [-0.3, -0.25) is 0 Å². The second kappa shape index (κ2) is 8.47. The highest BCUT2D eigenvalue weighted by molar-refractivity contribution is 5.84. The van der Waals surface area contributed by atoms with Crippen molar-refractivity contribution in [3.63, 3.8) is 0 Å². The molecule has 2 nitrogen and oxygen atoms in total. The van der Waals surface area contributed by atoms with E-state index in [-0.39, 0.29) is 11.9 Å². The standard InChI is InChI=1S/C24H24FNO/c25-20-12-9-19(10-13-20)23-7-3-4-8-24(23)22-6-2-1-5-18(22)11-14-21-17-26-15-16-27-21/h1-10,12-13,21,26H,11,14-17H2. The van der Waals surface area contributed by atoms with Crippen molar-refractivity contribution in [1.82, 2.24) is 5.32 Å². The third-order valence-electron chi connectivity index (χ3n) is 5.13. The van der Waals surface area contributed by atoms with E-state index >= 15 is 0 Å². The monoisotopic (exact) mass is 361 g/mol. The first-order chi connectivity index (χ1) is 13.3. The largest absolute Gasteiger partial charge is 0.376 e. The van der Waals surface area contributed by atoms with Crippen LogP contribution in [-0.4, -0.2) is 25.8 Å². The molecule has 0 spiro atoms. The molecule has 1 aliphatic heterocycles. The van der Waals surface area contributed by atoms with Crippen LogP contribution in [0, 0.1) is 5.82 Å². The molecule has 1 atom stereocenters. The van der Waals surface area contributed by atoms with Crippen molar-refractivity contribution in [2.75, 3.05) is 19.7 Å². The van der Waals surface area contributed by atoms with Crippen LogP contribution in [0.1, 0.15) is 12.0 Å². The smallest absolute Gasteiger partial charge is 0.123 e. The Morgan fingerprint density at radius 3 is 2.30 bits per heavy atom. The minimum Gasteiger partial charge on any atom is -0.376 e. The predicted molar refractivity (Wildman–Crippen MR) is 108 cm³/mol. The number of benzene rings is 3. The minimum atomic E-state index is -0.210. The van der Waals surface area contributed by atoms with E-state index in [1.807, 2.05) is 18.2 Å². The van der Waals surface area contributed by atoms with Crippen LogP contribution in [0.25, 0.3) is 22.3 Å². The van der Waals surface area contributed by atoms with Crippen LogP contribution in [0.2, 0.25) is 0 Å². The Kier molecular flexibility index (Phi) is 5.61. The van der Waals surface area contributed by atoms with Gasteiger partial charge in [0, 0.05) is 13.1 Å². The third-order valence-corrected chi connectivity index (χ3v) is 5.13. The molecule has 3 aromatic rings. The zero-order valence-corrected chi connectivity index (χ0v) is 15.3. The molecule has 1 unspecified atom stereocenters. The Labute approximate surface area is 160 Å². The van der Waals surface area contributed by atoms with E-state index < -0.39 is 0 Å². The fraction of sp³-hybridized carbons (Fsp3) is 0.250. The molecule has 0 radical (unpaired) electrons. The first-order valence-corrected chi connectivity index (χ1v) is 9.57. The number of rotatable bonds is 5. The van der Waals surface area contributed by atoms with Crippen LogP contribution < -0.4 is 5.32 Å². The summed E-state index contributed by atoms with van der Waals surface area (Å²) in [6.07, 6.45) is 2.25. The maximum Gasteiger partial charge on any atom is 0.123 e. The lowest BCUT2D eigenvalue weighted by atomic mass is 9.90. The number of hydrogen-bond acceptors (Lipinski definition) is 2. The molecule has 3 aromatic carbocycles. The van der Waals surface area contributed by atoms with Crippen LogP contribution in [0.4, 0.5) is 4.39 Å². The summed E-state index contributed by atoms with van der Waals surface area (Å²) < 4.78 is 19.2. The Morgan fingerprint density at radius 1 is 0.852 bits per heavy atom. The average molecular weight is 361 g/mol. The van der Waals surface area contributed by atoms with Gasteiger partial charge in [-0.2, -0.15) is 0 Å².